The molecule has 2 unspecified atom stereocenters. The zero-order valence-corrected chi connectivity index (χ0v) is 28.3. The number of aliphatic imine (C=N–C) groups is 1. The topological polar surface area (TPSA) is 116 Å². The fourth-order valence-electron chi connectivity index (χ4n) is 6.69. The quantitative estimate of drug-likeness (QED) is 0.234. The van der Waals surface area contributed by atoms with Gasteiger partial charge >= 0.3 is 0 Å². The van der Waals surface area contributed by atoms with E-state index in [9.17, 15) is 9.59 Å². The summed E-state index contributed by atoms with van der Waals surface area (Å²) in [6.45, 7) is 11.5. The van der Waals surface area contributed by atoms with Gasteiger partial charge in [-0.05, 0) is 91.7 Å². The highest BCUT2D eigenvalue weighted by molar-refractivity contribution is 6.47. The van der Waals surface area contributed by atoms with Crippen LogP contribution in [0.5, 0.6) is 0 Å². The second kappa shape index (κ2) is 13.6. The monoisotopic (exact) mass is 651 g/mol. The molecule has 5 rings (SSSR count). The van der Waals surface area contributed by atoms with Crippen LogP contribution in [0, 0.1) is 17.3 Å². The highest BCUT2D eigenvalue weighted by Gasteiger charge is 2.52. The van der Waals surface area contributed by atoms with E-state index in [4.69, 9.17) is 28.2 Å². The molecular weight excluding hydrogens is 609 g/mol. The number of hydrogen-bond donors (Lipinski definition) is 2. The van der Waals surface area contributed by atoms with Gasteiger partial charge in [-0.2, -0.15) is 5.21 Å². The molecular formula is C34H43Cl2N7O2. The summed E-state index contributed by atoms with van der Waals surface area (Å²) in [6.07, 6.45) is 6.34. The lowest BCUT2D eigenvalue weighted by Gasteiger charge is -2.47. The number of carbonyl (C=O) groups is 2. The number of benzene rings is 2. The van der Waals surface area contributed by atoms with Gasteiger partial charge in [-0.25, -0.2) is 0 Å². The van der Waals surface area contributed by atoms with Gasteiger partial charge in [0.15, 0.2) is 5.82 Å². The van der Waals surface area contributed by atoms with Crippen LogP contribution in [-0.2, 0) is 11.3 Å². The third-order valence-electron chi connectivity index (χ3n) is 9.63. The van der Waals surface area contributed by atoms with Crippen LogP contribution in [-0.4, -0.2) is 48.7 Å². The second-order valence-electron chi connectivity index (χ2n) is 13.7. The number of halogens is 2. The summed E-state index contributed by atoms with van der Waals surface area (Å²) in [5, 5.41) is 17.4. The van der Waals surface area contributed by atoms with Crippen molar-refractivity contribution in [2.75, 3.05) is 0 Å². The van der Waals surface area contributed by atoms with Crippen LogP contribution in [0.2, 0.25) is 10.0 Å². The van der Waals surface area contributed by atoms with E-state index in [1.807, 2.05) is 24.3 Å². The van der Waals surface area contributed by atoms with Crippen molar-refractivity contribution in [2.24, 2.45) is 22.2 Å². The molecule has 1 aliphatic carbocycles. The number of aromatic amines is 1. The lowest BCUT2D eigenvalue weighted by Crippen LogP contribution is -2.51. The molecule has 11 heteroatoms. The molecule has 0 radical (unpaired) electrons. The average molecular weight is 653 g/mol. The lowest BCUT2D eigenvalue weighted by atomic mass is 9.69. The molecule has 1 saturated carbocycles. The summed E-state index contributed by atoms with van der Waals surface area (Å²) < 4.78 is 0. The number of tetrazole rings is 1. The number of H-pyrrole nitrogens is 1. The van der Waals surface area contributed by atoms with Crippen molar-refractivity contribution in [3.63, 3.8) is 0 Å². The van der Waals surface area contributed by atoms with E-state index < -0.39 is 5.66 Å². The summed E-state index contributed by atoms with van der Waals surface area (Å²) in [5.41, 5.74) is 2.08. The fraction of sp³-hybridized carbons (Fsp3) is 0.529. The Kier molecular flexibility index (Phi) is 9.99. The molecule has 2 atom stereocenters. The van der Waals surface area contributed by atoms with Gasteiger partial charge in [-0.15, -0.1) is 10.2 Å². The maximum atomic E-state index is 14.6. The first-order valence-corrected chi connectivity index (χ1v) is 16.7. The molecule has 3 aromatic rings. The molecule has 2 aromatic carbocycles. The normalized spacial score (nSPS) is 21.6. The molecule has 0 saturated heterocycles. The number of carbonyl (C=O) groups excluding carboxylic acids is 2. The van der Waals surface area contributed by atoms with Crippen molar-refractivity contribution in [1.82, 2.24) is 30.8 Å². The van der Waals surface area contributed by atoms with Crippen LogP contribution >= 0.6 is 23.2 Å². The first-order chi connectivity index (χ1) is 21.4. The Hall–Kier alpha value is -3.30. The van der Waals surface area contributed by atoms with Crippen LogP contribution in [0.4, 0.5) is 0 Å². The molecule has 2 heterocycles. The minimum atomic E-state index is -0.663. The highest BCUT2D eigenvalue weighted by atomic mass is 35.5. The predicted octanol–water partition coefficient (Wildman–Crippen LogP) is 7.57. The fourth-order valence-corrected chi connectivity index (χ4v) is 7.21. The minimum absolute atomic E-state index is 0.0985. The first-order valence-electron chi connectivity index (χ1n) is 15.9. The van der Waals surface area contributed by atoms with E-state index >= 15 is 0 Å². The number of aromatic nitrogens is 4. The summed E-state index contributed by atoms with van der Waals surface area (Å²) >= 11 is 12.8. The first kappa shape index (κ1) is 33.1. The van der Waals surface area contributed by atoms with E-state index in [1.165, 1.54) is 0 Å². The van der Waals surface area contributed by atoms with Gasteiger partial charge in [0.2, 0.25) is 0 Å². The number of hydrogen-bond acceptors (Lipinski definition) is 6. The molecule has 1 aliphatic heterocycles. The predicted molar refractivity (Wildman–Crippen MR) is 177 cm³/mol. The third kappa shape index (κ3) is 7.41. The summed E-state index contributed by atoms with van der Waals surface area (Å²) in [4.78, 5) is 34.8. The zero-order valence-electron chi connectivity index (χ0n) is 26.7. The standard InChI is InChI=1S/C34H43Cl2N7O2/c1-6-21(2)7-12-28(22-8-10-23(11-9-22)31(44)37-20-29-39-41-42-40-29)43-32(45)30(24-17-26(35)19-27(36)18-24)38-34(43)15-13-25(14-16-34)33(3,4)5/h8-11,17-19,21,25,28H,6-7,12-16,20H2,1-5H3,(H,37,44)(H,39,40,41,42). The zero-order chi connectivity index (χ0) is 32.4. The van der Waals surface area contributed by atoms with Crippen LogP contribution in [0.3, 0.4) is 0 Å². The molecule has 1 aromatic heterocycles. The molecule has 9 nitrogen and oxygen atoms in total. The Morgan fingerprint density at radius 2 is 1.76 bits per heavy atom. The molecule has 2 amide bonds. The van der Waals surface area contributed by atoms with Gasteiger partial charge < -0.3 is 10.2 Å². The smallest absolute Gasteiger partial charge is 0.275 e. The van der Waals surface area contributed by atoms with E-state index in [0.717, 1.165) is 50.5 Å². The lowest BCUT2D eigenvalue weighted by molar-refractivity contribution is -0.133. The van der Waals surface area contributed by atoms with Crippen molar-refractivity contribution in [3.8, 4) is 0 Å². The number of rotatable bonds is 10. The number of nitrogens with one attached hydrogen (secondary N) is 2. The van der Waals surface area contributed by atoms with Crippen LogP contribution in [0.15, 0.2) is 47.5 Å². The van der Waals surface area contributed by atoms with Crippen molar-refractivity contribution in [3.05, 3.63) is 75.0 Å². The van der Waals surface area contributed by atoms with Crippen molar-refractivity contribution < 1.29 is 9.59 Å². The molecule has 1 fully saturated rings. The molecule has 0 bridgehead atoms. The van der Waals surface area contributed by atoms with E-state index in [1.54, 1.807) is 18.2 Å². The van der Waals surface area contributed by atoms with Gasteiger partial charge in [0.1, 0.15) is 11.4 Å². The van der Waals surface area contributed by atoms with Crippen LogP contribution in [0.1, 0.15) is 113 Å². The van der Waals surface area contributed by atoms with Gasteiger partial charge in [0, 0.05) is 21.2 Å². The van der Waals surface area contributed by atoms with Gasteiger partial charge in [0.25, 0.3) is 11.8 Å². The molecule has 45 heavy (non-hydrogen) atoms. The van der Waals surface area contributed by atoms with Crippen molar-refractivity contribution in [2.45, 2.75) is 97.8 Å². The minimum Gasteiger partial charge on any atom is -0.345 e. The van der Waals surface area contributed by atoms with E-state index in [-0.39, 0.29) is 29.8 Å². The Balaban J connectivity index is 1.50. The largest absolute Gasteiger partial charge is 0.345 e. The Morgan fingerprint density at radius 1 is 1.09 bits per heavy atom. The van der Waals surface area contributed by atoms with Crippen LogP contribution < -0.4 is 5.32 Å². The summed E-state index contributed by atoms with van der Waals surface area (Å²) in [6, 6.07) is 12.6. The third-order valence-corrected chi connectivity index (χ3v) is 10.1. The maximum absolute atomic E-state index is 14.6. The van der Waals surface area contributed by atoms with Gasteiger partial charge in [0.05, 0.1) is 12.6 Å². The van der Waals surface area contributed by atoms with Crippen LogP contribution in [0.25, 0.3) is 0 Å². The van der Waals surface area contributed by atoms with E-state index in [0.29, 0.717) is 44.5 Å². The SMILES string of the molecule is CCC(C)CCC(c1ccc(C(=O)NCc2nn[nH]n2)cc1)N1C(=O)C(c2cc(Cl)cc(Cl)c2)=NC12CCC(C(C)(C)C)CC2. The number of nitrogens with zero attached hydrogens (tertiary/aromatic N) is 5. The highest BCUT2D eigenvalue weighted by Crippen LogP contribution is 2.50. The molecule has 240 valence electrons. The Morgan fingerprint density at radius 3 is 2.33 bits per heavy atom. The Labute approximate surface area is 275 Å². The summed E-state index contributed by atoms with van der Waals surface area (Å²) in [5.74, 6) is 1.11. The van der Waals surface area contributed by atoms with Crippen molar-refractivity contribution >= 4 is 40.7 Å². The second-order valence-corrected chi connectivity index (χ2v) is 14.5. The van der Waals surface area contributed by atoms with Gasteiger partial charge in [-0.1, -0.05) is 81.6 Å². The average Bonchev–Trinajstić information content (AvgIpc) is 3.62. The van der Waals surface area contributed by atoms with E-state index in [2.05, 4.69) is 65.5 Å². The number of amides is 2. The van der Waals surface area contributed by atoms with Crippen molar-refractivity contribution in [1.29, 1.82) is 0 Å². The summed E-state index contributed by atoms with van der Waals surface area (Å²) in [7, 11) is 0. The maximum Gasteiger partial charge on any atom is 0.275 e. The molecule has 2 aliphatic rings. The molecule has 2 N–H and O–H groups in total. The van der Waals surface area contributed by atoms with Gasteiger partial charge in [-0.3, -0.25) is 14.6 Å². The molecule has 1 spiro atoms. The Bertz CT molecular complexity index is 1500.